The zero-order chi connectivity index (χ0) is 23.2. The van der Waals surface area contributed by atoms with E-state index in [9.17, 15) is 9.90 Å². The Hall–Kier alpha value is -3.53. The summed E-state index contributed by atoms with van der Waals surface area (Å²) in [5, 5.41) is 13.9. The van der Waals surface area contributed by atoms with E-state index in [0.29, 0.717) is 27.8 Å². The fourth-order valence-corrected chi connectivity index (χ4v) is 4.08. The second-order valence-electron chi connectivity index (χ2n) is 7.56. The van der Waals surface area contributed by atoms with E-state index in [2.05, 4.69) is 38.1 Å². The highest BCUT2D eigenvalue weighted by Crippen LogP contribution is 2.21. The van der Waals surface area contributed by atoms with Crippen LogP contribution in [-0.2, 0) is 6.42 Å². The lowest BCUT2D eigenvalue weighted by molar-refractivity contribution is 0.0915. The van der Waals surface area contributed by atoms with Crippen molar-refractivity contribution in [2.45, 2.75) is 12.5 Å². The zero-order valence-corrected chi connectivity index (χ0v) is 19.6. The summed E-state index contributed by atoms with van der Waals surface area (Å²) in [6.45, 7) is -0.170. The average molecular weight is 503 g/mol. The number of hydrogen-bond donors (Lipinski definition) is 3. The van der Waals surface area contributed by atoms with Crippen molar-refractivity contribution in [3.63, 3.8) is 0 Å². The second kappa shape index (κ2) is 10.4. The van der Waals surface area contributed by atoms with E-state index >= 15 is 0 Å². The minimum absolute atomic E-state index is 0.170. The molecule has 0 saturated carbocycles. The molecule has 0 radical (unpaired) electrons. The predicted octanol–water partition coefficient (Wildman–Crippen LogP) is 4.67. The van der Waals surface area contributed by atoms with Gasteiger partial charge in [0.15, 0.2) is 0 Å². The quantitative estimate of drug-likeness (QED) is 0.335. The number of fused-ring (bicyclic) bond motifs is 1. The molecule has 4 rings (SSSR count). The molecule has 166 valence electrons. The summed E-state index contributed by atoms with van der Waals surface area (Å²) >= 11 is 3.46. The minimum Gasteiger partial charge on any atom is -0.495 e. The van der Waals surface area contributed by atoms with Gasteiger partial charge in [-0.2, -0.15) is 0 Å². The Morgan fingerprint density at radius 2 is 1.91 bits per heavy atom. The predicted molar refractivity (Wildman–Crippen MR) is 133 cm³/mol. The van der Waals surface area contributed by atoms with Gasteiger partial charge in [0.1, 0.15) is 5.75 Å². The van der Waals surface area contributed by atoms with E-state index in [-0.39, 0.29) is 12.5 Å². The van der Waals surface area contributed by atoms with Crippen molar-refractivity contribution < 1.29 is 14.6 Å². The van der Waals surface area contributed by atoms with Gasteiger partial charge in [0.05, 0.1) is 30.9 Å². The van der Waals surface area contributed by atoms with E-state index in [0.717, 1.165) is 22.0 Å². The van der Waals surface area contributed by atoms with E-state index in [1.165, 1.54) is 0 Å². The Bertz CT molecular complexity index is 1350. The highest BCUT2D eigenvalue weighted by atomic mass is 79.9. The van der Waals surface area contributed by atoms with Gasteiger partial charge in [0.25, 0.3) is 5.91 Å². The normalized spacial score (nSPS) is 11.5. The number of para-hydroxylation sites is 2. The first-order valence-electron chi connectivity index (χ1n) is 10.5. The number of carbonyl (C=O) groups excluding carboxylic acids is 1. The number of aromatic nitrogens is 1. The van der Waals surface area contributed by atoms with Gasteiger partial charge < -0.3 is 20.1 Å². The molecule has 3 aromatic carbocycles. The maximum absolute atomic E-state index is 13.0. The lowest BCUT2D eigenvalue weighted by Gasteiger charge is -2.17. The molecule has 0 saturated heterocycles. The summed E-state index contributed by atoms with van der Waals surface area (Å²) in [7, 11) is 1.61. The van der Waals surface area contributed by atoms with Gasteiger partial charge >= 0.3 is 0 Å². The maximum Gasteiger partial charge on any atom is 0.252 e. The van der Waals surface area contributed by atoms with E-state index in [1.54, 1.807) is 19.2 Å². The van der Waals surface area contributed by atoms with Crippen LogP contribution in [-0.4, -0.2) is 35.8 Å². The van der Waals surface area contributed by atoms with Crippen LogP contribution in [0.1, 0.15) is 27.0 Å². The Morgan fingerprint density at radius 3 is 2.73 bits per heavy atom. The number of H-pyrrole nitrogens is 1. The van der Waals surface area contributed by atoms with Crippen LogP contribution < -0.4 is 10.1 Å². The molecule has 0 aliphatic carbocycles. The van der Waals surface area contributed by atoms with Gasteiger partial charge in [0.2, 0.25) is 0 Å². The van der Waals surface area contributed by atoms with Gasteiger partial charge in [0, 0.05) is 27.1 Å². The van der Waals surface area contributed by atoms with Gasteiger partial charge in [-0.15, -0.1) is 0 Å². The topological polar surface area (TPSA) is 74.3 Å². The number of nitrogens with one attached hydrogen (secondary N) is 2. The molecule has 0 bridgehead atoms. The van der Waals surface area contributed by atoms with Crippen LogP contribution in [0.4, 0.5) is 0 Å². The van der Waals surface area contributed by atoms with Crippen LogP contribution in [0.15, 0.2) is 77.4 Å². The molecule has 4 aromatic rings. The summed E-state index contributed by atoms with van der Waals surface area (Å²) in [5.74, 6) is 6.62. The molecule has 33 heavy (non-hydrogen) atoms. The summed E-state index contributed by atoms with van der Waals surface area (Å²) in [6, 6.07) is 20.5. The third-order valence-electron chi connectivity index (χ3n) is 5.36. The fraction of sp³-hybridized carbons (Fsp3) is 0.148. The van der Waals surface area contributed by atoms with E-state index < -0.39 is 6.04 Å². The first kappa shape index (κ1) is 22.7. The Balaban J connectivity index is 1.52. The molecule has 0 spiro atoms. The number of ether oxygens (including phenoxy) is 1. The number of methoxy groups -OCH3 is 1. The number of amides is 1. The number of aliphatic hydroxyl groups is 1. The number of benzene rings is 3. The minimum atomic E-state index is -0.424. The number of aliphatic hydroxyl groups excluding tert-OH is 1. The highest BCUT2D eigenvalue weighted by Gasteiger charge is 2.17. The SMILES string of the molecule is COc1ccccc1C#Cc1ccc(Br)c(C(=O)N[C@@H](CO)Cc2c[nH]c3ccccc23)c1. The van der Waals surface area contributed by atoms with Crippen LogP contribution in [0.2, 0.25) is 0 Å². The molecular formula is C27H23BrN2O3. The first-order valence-corrected chi connectivity index (χ1v) is 11.3. The molecular weight excluding hydrogens is 480 g/mol. The van der Waals surface area contributed by atoms with Crippen molar-refractivity contribution >= 4 is 32.7 Å². The fourth-order valence-electron chi connectivity index (χ4n) is 3.65. The molecule has 0 aliphatic rings. The van der Waals surface area contributed by atoms with Gasteiger partial charge in [-0.25, -0.2) is 0 Å². The molecule has 0 aliphatic heterocycles. The molecule has 5 nitrogen and oxygen atoms in total. The summed E-state index contributed by atoms with van der Waals surface area (Å²) in [5.41, 5.74) is 4.00. The standard InChI is InChI=1S/C27H23BrN2O3/c1-33-26-9-5-2-6-19(26)12-10-18-11-13-24(28)23(14-18)27(32)30-21(17-31)15-20-16-29-25-8-4-3-7-22(20)25/h2-9,11,13-14,16,21,29,31H,15,17H2,1H3,(H,30,32)/t21-/m1/s1. The lowest BCUT2D eigenvalue weighted by Crippen LogP contribution is -2.39. The third kappa shape index (κ3) is 5.28. The number of carbonyl (C=O) groups is 1. The third-order valence-corrected chi connectivity index (χ3v) is 6.05. The smallest absolute Gasteiger partial charge is 0.252 e. The molecule has 1 amide bonds. The Kier molecular flexibility index (Phi) is 7.13. The Labute approximate surface area is 200 Å². The van der Waals surface area contributed by atoms with Crippen molar-refractivity contribution in [1.82, 2.24) is 10.3 Å². The molecule has 0 unspecified atom stereocenters. The summed E-state index contributed by atoms with van der Waals surface area (Å²) in [4.78, 5) is 16.3. The van der Waals surface area contributed by atoms with Crippen molar-refractivity contribution in [2.24, 2.45) is 0 Å². The molecule has 1 atom stereocenters. The van der Waals surface area contributed by atoms with Crippen molar-refractivity contribution in [1.29, 1.82) is 0 Å². The summed E-state index contributed by atoms with van der Waals surface area (Å²) < 4.78 is 6.00. The Morgan fingerprint density at radius 1 is 1.12 bits per heavy atom. The van der Waals surface area contributed by atoms with Crippen molar-refractivity contribution in [2.75, 3.05) is 13.7 Å². The number of hydrogen-bond acceptors (Lipinski definition) is 3. The number of aromatic amines is 1. The van der Waals surface area contributed by atoms with E-state index in [1.807, 2.05) is 60.8 Å². The molecule has 1 heterocycles. The zero-order valence-electron chi connectivity index (χ0n) is 18.1. The van der Waals surface area contributed by atoms with Crippen LogP contribution in [0.5, 0.6) is 5.75 Å². The van der Waals surface area contributed by atoms with Crippen LogP contribution in [0.25, 0.3) is 10.9 Å². The molecule has 1 aromatic heterocycles. The lowest BCUT2D eigenvalue weighted by atomic mass is 10.0. The number of rotatable bonds is 6. The van der Waals surface area contributed by atoms with Gasteiger partial charge in [-0.05, 0) is 64.3 Å². The van der Waals surface area contributed by atoms with Crippen LogP contribution in [0, 0.1) is 11.8 Å². The molecule has 0 fully saturated rings. The first-order chi connectivity index (χ1) is 16.1. The van der Waals surface area contributed by atoms with E-state index in [4.69, 9.17) is 4.74 Å². The van der Waals surface area contributed by atoms with Crippen molar-refractivity contribution in [3.8, 4) is 17.6 Å². The molecule has 6 heteroatoms. The molecule has 3 N–H and O–H groups in total. The maximum atomic E-state index is 13.0. The largest absolute Gasteiger partial charge is 0.495 e. The van der Waals surface area contributed by atoms with Crippen molar-refractivity contribution in [3.05, 3.63) is 99.7 Å². The number of halogens is 1. The highest BCUT2D eigenvalue weighted by molar-refractivity contribution is 9.10. The average Bonchev–Trinajstić information content (AvgIpc) is 3.26. The van der Waals surface area contributed by atoms with Gasteiger partial charge in [-0.1, -0.05) is 42.2 Å². The second-order valence-corrected chi connectivity index (χ2v) is 8.42. The monoisotopic (exact) mass is 502 g/mol. The van der Waals surface area contributed by atoms with Crippen LogP contribution >= 0.6 is 15.9 Å². The summed E-state index contributed by atoms with van der Waals surface area (Å²) in [6.07, 6.45) is 2.43. The van der Waals surface area contributed by atoms with Crippen LogP contribution in [0.3, 0.4) is 0 Å². The van der Waals surface area contributed by atoms with Gasteiger partial charge in [-0.3, -0.25) is 4.79 Å².